The van der Waals surface area contributed by atoms with Gasteiger partial charge in [-0.3, -0.25) is 0 Å². The molecule has 1 aliphatic rings. The Hall–Kier alpha value is -0.580. The Kier molecular flexibility index (Phi) is 6.39. The van der Waals surface area contributed by atoms with Crippen molar-refractivity contribution in [3.8, 4) is 0 Å². The van der Waals surface area contributed by atoms with Crippen molar-refractivity contribution in [3.63, 3.8) is 0 Å². The largest absolute Gasteiger partial charge is 0.501 e. The maximum atomic E-state index is 5.50. The van der Waals surface area contributed by atoms with Crippen LogP contribution in [0.15, 0.2) is 11.8 Å². The lowest BCUT2D eigenvalue weighted by molar-refractivity contribution is 0.0623. The fourth-order valence-electron chi connectivity index (χ4n) is 1.56. The van der Waals surface area contributed by atoms with Crippen molar-refractivity contribution in [2.75, 3.05) is 40.6 Å². The monoisotopic (exact) mass is 215 g/mol. The van der Waals surface area contributed by atoms with Crippen LogP contribution in [0.25, 0.3) is 0 Å². The van der Waals surface area contributed by atoms with Gasteiger partial charge in [0.25, 0.3) is 0 Å². The molecule has 4 nitrogen and oxygen atoms in total. The lowest BCUT2D eigenvalue weighted by Crippen LogP contribution is -2.33. The molecule has 1 aliphatic heterocycles. The zero-order valence-electron chi connectivity index (χ0n) is 9.62. The van der Waals surface area contributed by atoms with Gasteiger partial charge in [-0.05, 0) is 25.5 Å². The molecule has 1 rings (SSSR count). The molecule has 0 aromatic heterocycles. The van der Waals surface area contributed by atoms with Crippen LogP contribution in [0.2, 0.25) is 0 Å². The zero-order valence-corrected chi connectivity index (χ0v) is 9.62. The van der Waals surface area contributed by atoms with Crippen molar-refractivity contribution in [2.24, 2.45) is 0 Å². The molecule has 0 radical (unpaired) electrons. The molecule has 0 aromatic rings. The molecule has 0 saturated heterocycles. The number of hydrogen-bond acceptors (Lipinski definition) is 4. The van der Waals surface area contributed by atoms with E-state index < -0.39 is 0 Å². The third kappa shape index (κ3) is 4.64. The van der Waals surface area contributed by atoms with Crippen molar-refractivity contribution >= 4 is 0 Å². The fourth-order valence-corrected chi connectivity index (χ4v) is 1.56. The van der Waals surface area contributed by atoms with E-state index in [4.69, 9.17) is 14.2 Å². The Morgan fingerprint density at radius 3 is 3.00 bits per heavy atom. The maximum Gasteiger partial charge on any atom is 0.0876 e. The molecule has 0 bridgehead atoms. The van der Waals surface area contributed by atoms with Crippen LogP contribution in [0.5, 0.6) is 0 Å². The van der Waals surface area contributed by atoms with Crippen LogP contribution in [-0.2, 0) is 14.2 Å². The summed E-state index contributed by atoms with van der Waals surface area (Å²) in [6.45, 7) is 2.80. The first-order valence-corrected chi connectivity index (χ1v) is 5.43. The quantitative estimate of drug-likeness (QED) is 0.641. The summed E-state index contributed by atoms with van der Waals surface area (Å²) < 4.78 is 15.7. The highest BCUT2D eigenvalue weighted by Crippen LogP contribution is 2.15. The predicted molar refractivity (Wildman–Crippen MR) is 58.8 cm³/mol. The summed E-state index contributed by atoms with van der Waals surface area (Å²) in [5, 5.41) is 3.23. The molecule has 0 fully saturated rings. The number of nitrogens with one attached hydrogen (secondary N) is 1. The van der Waals surface area contributed by atoms with Crippen molar-refractivity contribution in [3.05, 3.63) is 11.8 Å². The summed E-state index contributed by atoms with van der Waals surface area (Å²) in [5.41, 5.74) is 1.29. The van der Waals surface area contributed by atoms with E-state index in [0.717, 1.165) is 19.4 Å². The van der Waals surface area contributed by atoms with Gasteiger partial charge in [0.05, 0.1) is 38.7 Å². The summed E-state index contributed by atoms with van der Waals surface area (Å²) >= 11 is 0. The van der Waals surface area contributed by atoms with Crippen LogP contribution in [0.1, 0.15) is 12.8 Å². The first kappa shape index (κ1) is 12.5. The van der Waals surface area contributed by atoms with Gasteiger partial charge in [-0.2, -0.15) is 0 Å². The topological polar surface area (TPSA) is 39.7 Å². The Morgan fingerprint density at radius 1 is 1.53 bits per heavy atom. The molecule has 15 heavy (non-hydrogen) atoms. The highest BCUT2D eigenvalue weighted by molar-refractivity contribution is 5.09. The van der Waals surface area contributed by atoms with E-state index >= 15 is 0 Å². The summed E-state index contributed by atoms with van der Waals surface area (Å²) in [6, 6.07) is 0.266. The second kappa shape index (κ2) is 7.68. The Labute approximate surface area is 91.6 Å². The van der Waals surface area contributed by atoms with Gasteiger partial charge in [0.2, 0.25) is 0 Å². The second-order valence-corrected chi connectivity index (χ2v) is 3.58. The fraction of sp³-hybridized carbons (Fsp3) is 0.818. The summed E-state index contributed by atoms with van der Waals surface area (Å²) in [7, 11) is 3.62. The standard InChI is InChI=1S/C11H21NO3/c1-12-11(9-15-7-6-13-2)10-4-3-5-14-8-10/h8,11-12H,3-7,9H2,1-2H3. The van der Waals surface area contributed by atoms with Gasteiger partial charge < -0.3 is 19.5 Å². The van der Waals surface area contributed by atoms with Crippen LogP contribution < -0.4 is 5.32 Å². The average molecular weight is 215 g/mol. The molecule has 0 saturated carbocycles. The molecule has 0 aromatic carbocycles. The summed E-state index contributed by atoms with van der Waals surface area (Å²) in [6.07, 6.45) is 4.06. The number of ether oxygens (including phenoxy) is 3. The SMILES string of the molecule is CNC(COCCOC)C1=COCCC1. The minimum absolute atomic E-state index is 0.266. The lowest BCUT2D eigenvalue weighted by atomic mass is 10.0. The van der Waals surface area contributed by atoms with Crippen molar-refractivity contribution in [1.29, 1.82) is 0 Å². The van der Waals surface area contributed by atoms with Gasteiger partial charge in [0, 0.05) is 7.11 Å². The van der Waals surface area contributed by atoms with E-state index in [-0.39, 0.29) is 6.04 Å². The average Bonchev–Trinajstić information content (AvgIpc) is 2.30. The first-order chi connectivity index (χ1) is 7.38. The second-order valence-electron chi connectivity index (χ2n) is 3.58. The van der Waals surface area contributed by atoms with Crippen molar-refractivity contribution in [2.45, 2.75) is 18.9 Å². The third-order valence-electron chi connectivity index (χ3n) is 2.47. The molecular formula is C11H21NO3. The molecule has 1 atom stereocenters. The van der Waals surface area contributed by atoms with Gasteiger partial charge in [0.1, 0.15) is 0 Å². The van der Waals surface area contributed by atoms with E-state index in [2.05, 4.69) is 5.32 Å². The highest BCUT2D eigenvalue weighted by atomic mass is 16.5. The van der Waals surface area contributed by atoms with Crippen molar-refractivity contribution < 1.29 is 14.2 Å². The zero-order chi connectivity index (χ0) is 10.9. The molecule has 1 unspecified atom stereocenters. The number of likely N-dealkylation sites (N-methyl/N-ethyl adjacent to an activating group) is 1. The van der Waals surface area contributed by atoms with Gasteiger partial charge in [-0.1, -0.05) is 0 Å². The predicted octanol–water partition coefficient (Wildman–Crippen LogP) is 0.932. The van der Waals surface area contributed by atoms with E-state index in [1.54, 1.807) is 7.11 Å². The first-order valence-electron chi connectivity index (χ1n) is 5.43. The smallest absolute Gasteiger partial charge is 0.0876 e. The van der Waals surface area contributed by atoms with Gasteiger partial charge in [-0.15, -0.1) is 0 Å². The molecule has 1 heterocycles. The Bertz CT molecular complexity index is 194. The normalized spacial score (nSPS) is 18.1. The summed E-state index contributed by atoms with van der Waals surface area (Å²) in [5.74, 6) is 0. The van der Waals surface area contributed by atoms with E-state index in [1.807, 2.05) is 13.3 Å². The minimum Gasteiger partial charge on any atom is -0.501 e. The van der Waals surface area contributed by atoms with Gasteiger partial charge in [-0.25, -0.2) is 0 Å². The Morgan fingerprint density at radius 2 is 2.40 bits per heavy atom. The number of hydrogen-bond donors (Lipinski definition) is 1. The minimum atomic E-state index is 0.266. The maximum absolute atomic E-state index is 5.50. The van der Waals surface area contributed by atoms with Crippen LogP contribution in [0.4, 0.5) is 0 Å². The van der Waals surface area contributed by atoms with E-state index in [0.29, 0.717) is 19.8 Å². The third-order valence-corrected chi connectivity index (χ3v) is 2.47. The molecule has 0 aliphatic carbocycles. The molecule has 0 spiro atoms. The van der Waals surface area contributed by atoms with Crippen LogP contribution in [0, 0.1) is 0 Å². The van der Waals surface area contributed by atoms with E-state index in [1.165, 1.54) is 5.57 Å². The van der Waals surface area contributed by atoms with Crippen LogP contribution >= 0.6 is 0 Å². The highest BCUT2D eigenvalue weighted by Gasteiger charge is 2.15. The molecule has 4 heteroatoms. The van der Waals surface area contributed by atoms with Gasteiger partial charge in [0.15, 0.2) is 0 Å². The molecule has 88 valence electrons. The molecular weight excluding hydrogens is 194 g/mol. The molecule has 1 N–H and O–H groups in total. The van der Waals surface area contributed by atoms with Gasteiger partial charge >= 0.3 is 0 Å². The van der Waals surface area contributed by atoms with Crippen molar-refractivity contribution in [1.82, 2.24) is 5.32 Å². The number of methoxy groups -OCH3 is 1. The molecule has 0 amide bonds. The van der Waals surface area contributed by atoms with E-state index in [9.17, 15) is 0 Å². The van der Waals surface area contributed by atoms with Crippen LogP contribution in [0.3, 0.4) is 0 Å². The lowest BCUT2D eigenvalue weighted by Gasteiger charge is -2.22. The van der Waals surface area contributed by atoms with Crippen LogP contribution in [-0.4, -0.2) is 46.6 Å². The number of rotatable bonds is 7. The Balaban J connectivity index is 2.25. The summed E-state index contributed by atoms with van der Waals surface area (Å²) in [4.78, 5) is 0.